The maximum Gasteiger partial charge on any atom is 0.342 e. The highest BCUT2D eigenvalue weighted by Gasteiger charge is 2.25. The highest BCUT2D eigenvalue weighted by Crippen LogP contribution is 2.25. The Morgan fingerprint density at radius 2 is 2.24 bits per heavy atom. The lowest BCUT2D eigenvalue weighted by atomic mass is 10.1. The molecule has 0 aromatic carbocycles. The van der Waals surface area contributed by atoms with E-state index < -0.39 is 16.6 Å². The van der Waals surface area contributed by atoms with Crippen molar-refractivity contribution in [2.24, 2.45) is 0 Å². The molecule has 0 amide bonds. The van der Waals surface area contributed by atoms with E-state index in [1.807, 2.05) is 11.8 Å². The number of anilines is 1. The summed E-state index contributed by atoms with van der Waals surface area (Å²) in [5, 5.41) is 19.9. The Bertz CT molecular complexity index is 541. The lowest BCUT2D eigenvalue weighted by molar-refractivity contribution is -0.385. The van der Waals surface area contributed by atoms with Crippen LogP contribution in [-0.4, -0.2) is 46.8 Å². The van der Waals surface area contributed by atoms with Gasteiger partial charge in [-0.15, -0.1) is 0 Å². The first kappa shape index (κ1) is 15.2. The molecule has 0 bridgehead atoms. The molecule has 2 rings (SSSR count). The van der Waals surface area contributed by atoms with E-state index in [-0.39, 0.29) is 11.7 Å². The number of nitro groups is 1. The lowest BCUT2D eigenvalue weighted by Gasteiger charge is -2.32. The smallest absolute Gasteiger partial charge is 0.342 e. The lowest BCUT2D eigenvalue weighted by Crippen LogP contribution is -2.37. The fraction of sp³-hybridized carbons (Fsp3) is 0.538. The summed E-state index contributed by atoms with van der Waals surface area (Å²) in [6.45, 7) is 4.00. The van der Waals surface area contributed by atoms with Gasteiger partial charge in [-0.25, -0.2) is 9.78 Å². The molecule has 1 fully saturated rings. The molecule has 1 aliphatic heterocycles. The summed E-state index contributed by atoms with van der Waals surface area (Å²) < 4.78 is 5.55. The first-order valence-corrected chi connectivity index (χ1v) is 6.77. The Labute approximate surface area is 121 Å². The summed E-state index contributed by atoms with van der Waals surface area (Å²) in [5.41, 5.74) is -0.826. The maximum atomic E-state index is 11.1. The number of hydrogen-bond donors (Lipinski definition) is 1. The average Bonchev–Trinajstić information content (AvgIpc) is 2.47. The Morgan fingerprint density at radius 1 is 1.57 bits per heavy atom. The third kappa shape index (κ3) is 3.46. The molecule has 1 aromatic rings. The van der Waals surface area contributed by atoms with Crippen molar-refractivity contribution in [3.8, 4) is 0 Å². The molecule has 114 valence electrons. The molecule has 0 saturated carbocycles. The van der Waals surface area contributed by atoms with Crippen LogP contribution in [-0.2, 0) is 4.74 Å². The zero-order chi connectivity index (χ0) is 15.4. The van der Waals surface area contributed by atoms with Crippen molar-refractivity contribution in [2.45, 2.75) is 25.9 Å². The number of aromatic nitrogens is 1. The van der Waals surface area contributed by atoms with Crippen LogP contribution in [0.5, 0.6) is 0 Å². The van der Waals surface area contributed by atoms with Crippen molar-refractivity contribution in [2.75, 3.05) is 24.6 Å². The van der Waals surface area contributed by atoms with Crippen molar-refractivity contribution in [3.05, 3.63) is 27.9 Å². The number of carboxylic acids is 1. The first-order valence-electron chi connectivity index (χ1n) is 6.77. The minimum Gasteiger partial charge on any atom is -0.477 e. The summed E-state index contributed by atoms with van der Waals surface area (Å²) in [5.74, 6) is -0.873. The quantitative estimate of drug-likeness (QED) is 0.650. The highest BCUT2D eigenvalue weighted by atomic mass is 16.6. The van der Waals surface area contributed by atoms with Gasteiger partial charge >= 0.3 is 11.7 Å². The molecule has 1 aromatic heterocycles. The van der Waals surface area contributed by atoms with Crippen LogP contribution < -0.4 is 4.90 Å². The standard InChI is InChI=1S/C13H17N3O5/c1-2-21-9-3-5-15(6-4-9)12-7-10(13(17)18)11(8-14-12)16(19)20/h7-9H,2-6H2,1H3,(H,17,18). The van der Waals surface area contributed by atoms with E-state index in [0.717, 1.165) is 19.0 Å². The van der Waals surface area contributed by atoms with Crippen LogP contribution in [0, 0.1) is 10.1 Å². The minimum absolute atomic E-state index is 0.211. The predicted molar refractivity (Wildman–Crippen MR) is 74.7 cm³/mol. The second-order valence-electron chi connectivity index (χ2n) is 4.76. The van der Waals surface area contributed by atoms with Gasteiger partial charge < -0.3 is 14.7 Å². The van der Waals surface area contributed by atoms with Gasteiger partial charge in [0.2, 0.25) is 0 Å². The molecule has 1 aliphatic rings. The van der Waals surface area contributed by atoms with E-state index in [1.54, 1.807) is 0 Å². The first-order chi connectivity index (χ1) is 10.0. The van der Waals surface area contributed by atoms with Crippen molar-refractivity contribution in [1.29, 1.82) is 0 Å². The number of hydrogen-bond acceptors (Lipinski definition) is 6. The van der Waals surface area contributed by atoms with Crippen LogP contribution in [0.3, 0.4) is 0 Å². The Kier molecular flexibility index (Phi) is 4.69. The van der Waals surface area contributed by atoms with Crippen LogP contribution in [0.25, 0.3) is 0 Å². The fourth-order valence-electron chi connectivity index (χ4n) is 2.41. The van der Waals surface area contributed by atoms with Gasteiger partial charge in [-0.1, -0.05) is 0 Å². The van der Waals surface area contributed by atoms with E-state index >= 15 is 0 Å². The summed E-state index contributed by atoms with van der Waals surface area (Å²) in [4.78, 5) is 27.1. The van der Waals surface area contributed by atoms with Crippen molar-refractivity contribution >= 4 is 17.5 Å². The van der Waals surface area contributed by atoms with E-state index in [0.29, 0.717) is 25.5 Å². The van der Waals surface area contributed by atoms with E-state index in [9.17, 15) is 14.9 Å². The number of carbonyl (C=O) groups is 1. The van der Waals surface area contributed by atoms with E-state index in [1.165, 1.54) is 6.07 Å². The van der Waals surface area contributed by atoms with Gasteiger partial charge in [0.25, 0.3) is 0 Å². The van der Waals surface area contributed by atoms with Gasteiger partial charge in [0.15, 0.2) is 0 Å². The van der Waals surface area contributed by atoms with Gasteiger partial charge in [0, 0.05) is 25.8 Å². The minimum atomic E-state index is -1.32. The topological polar surface area (TPSA) is 106 Å². The van der Waals surface area contributed by atoms with Crippen molar-refractivity contribution in [3.63, 3.8) is 0 Å². The predicted octanol–water partition coefficient (Wildman–Crippen LogP) is 1.69. The monoisotopic (exact) mass is 295 g/mol. The zero-order valence-electron chi connectivity index (χ0n) is 11.7. The molecule has 0 unspecified atom stereocenters. The van der Waals surface area contributed by atoms with Gasteiger partial charge in [0.05, 0.1) is 11.0 Å². The van der Waals surface area contributed by atoms with Gasteiger partial charge in [-0.05, 0) is 19.8 Å². The molecular weight excluding hydrogens is 278 g/mol. The molecule has 1 saturated heterocycles. The molecular formula is C13H17N3O5. The van der Waals surface area contributed by atoms with Gasteiger partial charge in [-0.3, -0.25) is 10.1 Å². The third-order valence-corrected chi connectivity index (χ3v) is 3.46. The second kappa shape index (κ2) is 6.49. The molecule has 0 spiro atoms. The number of rotatable bonds is 5. The van der Waals surface area contributed by atoms with Crippen LogP contribution in [0.15, 0.2) is 12.3 Å². The van der Waals surface area contributed by atoms with Crippen molar-refractivity contribution in [1.82, 2.24) is 4.98 Å². The summed E-state index contributed by atoms with van der Waals surface area (Å²) in [7, 11) is 0. The number of carboxylic acid groups (broad SMARTS) is 1. The maximum absolute atomic E-state index is 11.1. The molecule has 0 radical (unpaired) electrons. The van der Waals surface area contributed by atoms with Crippen molar-refractivity contribution < 1.29 is 19.6 Å². The van der Waals surface area contributed by atoms with Gasteiger partial charge in [-0.2, -0.15) is 0 Å². The third-order valence-electron chi connectivity index (χ3n) is 3.46. The number of ether oxygens (including phenoxy) is 1. The van der Waals surface area contributed by atoms with Crippen LogP contribution in [0.2, 0.25) is 0 Å². The largest absolute Gasteiger partial charge is 0.477 e. The Morgan fingerprint density at radius 3 is 2.76 bits per heavy atom. The molecule has 2 heterocycles. The second-order valence-corrected chi connectivity index (χ2v) is 4.76. The summed E-state index contributed by atoms with van der Waals surface area (Å²) in [6, 6.07) is 1.27. The normalized spacial score (nSPS) is 16.0. The molecule has 8 nitrogen and oxygen atoms in total. The van der Waals surface area contributed by atoms with E-state index in [2.05, 4.69) is 4.98 Å². The Balaban J connectivity index is 2.16. The van der Waals surface area contributed by atoms with Crippen LogP contribution >= 0.6 is 0 Å². The number of pyridine rings is 1. The van der Waals surface area contributed by atoms with Crippen LogP contribution in [0.4, 0.5) is 11.5 Å². The van der Waals surface area contributed by atoms with Gasteiger partial charge in [0.1, 0.15) is 17.6 Å². The Hall–Kier alpha value is -2.22. The molecule has 0 aliphatic carbocycles. The number of piperidine rings is 1. The summed E-state index contributed by atoms with van der Waals surface area (Å²) >= 11 is 0. The molecule has 0 atom stereocenters. The zero-order valence-corrected chi connectivity index (χ0v) is 11.7. The average molecular weight is 295 g/mol. The highest BCUT2D eigenvalue weighted by molar-refractivity contribution is 5.93. The molecule has 1 N–H and O–H groups in total. The fourth-order valence-corrected chi connectivity index (χ4v) is 2.41. The van der Waals surface area contributed by atoms with E-state index in [4.69, 9.17) is 9.84 Å². The van der Waals surface area contributed by atoms with Crippen LogP contribution in [0.1, 0.15) is 30.1 Å². The molecule has 8 heteroatoms. The molecule has 21 heavy (non-hydrogen) atoms. The number of nitrogens with zero attached hydrogens (tertiary/aromatic N) is 3. The SMILES string of the molecule is CCOC1CCN(c2cc(C(=O)O)c([N+](=O)[O-])cn2)CC1. The number of aromatic carboxylic acids is 1. The summed E-state index contributed by atoms with van der Waals surface area (Å²) in [6.07, 6.45) is 2.88.